The Labute approximate surface area is 171 Å². The highest BCUT2D eigenvalue weighted by Gasteiger charge is 2.35. The smallest absolute Gasteiger partial charge is 0.383 e. The largest absolute Gasteiger partial charge is 0.418 e. The van der Waals surface area contributed by atoms with E-state index < -0.39 is 29.4 Å². The number of hydrogen-bond donors (Lipinski definition) is 1. The maximum absolute atomic E-state index is 13.7. The Morgan fingerprint density at radius 1 is 1.23 bits per heavy atom. The molecule has 0 aliphatic carbocycles. The van der Waals surface area contributed by atoms with Crippen molar-refractivity contribution in [2.75, 3.05) is 37.0 Å². The molecule has 0 saturated carbocycles. The van der Waals surface area contributed by atoms with Crippen molar-refractivity contribution in [3.63, 3.8) is 0 Å². The molecule has 5 nitrogen and oxygen atoms in total. The molecular weight excluding hydrogens is 402 g/mol. The molecule has 30 heavy (non-hydrogen) atoms. The van der Waals surface area contributed by atoms with Crippen LogP contribution in [-0.4, -0.2) is 38.9 Å². The van der Waals surface area contributed by atoms with Crippen LogP contribution in [0, 0.1) is 5.82 Å². The van der Waals surface area contributed by atoms with E-state index in [4.69, 9.17) is 4.74 Å². The predicted octanol–water partition coefficient (Wildman–Crippen LogP) is 4.76. The molecule has 1 atom stereocenters. The number of nitrogens with one attached hydrogen (secondary N) is 1. The predicted molar refractivity (Wildman–Crippen MR) is 107 cm³/mol. The Hall–Kier alpha value is -2.94. The molecule has 1 heterocycles. The lowest BCUT2D eigenvalue weighted by molar-refractivity contribution is -0.137. The highest BCUT2D eigenvalue weighted by Crippen LogP contribution is 2.39. The van der Waals surface area contributed by atoms with Crippen LogP contribution >= 0.6 is 0 Å². The van der Waals surface area contributed by atoms with E-state index in [1.165, 1.54) is 43.7 Å². The number of halogens is 4. The number of methoxy groups -OCH3 is 1. The first-order valence-electron chi connectivity index (χ1n) is 9.34. The number of rotatable bonds is 7. The number of likely N-dealkylation sites (N-methyl/N-ethyl adjacent to an activating group) is 1. The fourth-order valence-corrected chi connectivity index (χ4v) is 3.32. The molecule has 2 aromatic rings. The van der Waals surface area contributed by atoms with Crippen molar-refractivity contribution in [3.05, 3.63) is 53.3 Å². The van der Waals surface area contributed by atoms with Crippen LogP contribution in [0.15, 0.2) is 41.4 Å². The number of amides is 1. The van der Waals surface area contributed by atoms with Gasteiger partial charge in [-0.15, -0.1) is 0 Å². The molecule has 9 heteroatoms. The van der Waals surface area contributed by atoms with Gasteiger partial charge < -0.3 is 15.0 Å². The monoisotopic (exact) mass is 423 g/mol. The second-order valence-electron chi connectivity index (χ2n) is 6.75. The van der Waals surface area contributed by atoms with E-state index >= 15 is 0 Å². The zero-order chi connectivity index (χ0) is 21.9. The lowest BCUT2D eigenvalue weighted by atomic mass is 10.0. The van der Waals surface area contributed by atoms with Crippen molar-refractivity contribution >= 4 is 29.2 Å². The van der Waals surface area contributed by atoms with Crippen molar-refractivity contribution in [1.29, 1.82) is 0 Å². The fraction of sp³-hybridized carbons (Fsp3) is 0.333. The van der Waals surface area contributed by atoms with Crippen LogP contribution in [0.1, 0.15) is 24.0 Å². The number of hydrogen-bond acceptors (Lipinski definition) is 4. The van der Waals surface area contributed by atoms with Crippen molar-refractivity contribution in [3.8, 4) is 0 Å². The lowest BCUT2D eigenvalue weighted by Crippen LogP contribution is -2.29. The molecule has 0 saturated heterocycles. The average molecular weight is 423 g/mol. The van der Waals surface area contributed by atoms with Gasteiger partial charge in [0.15, 0.2) is 0 Å². The van der Waals surface area contributed by atoms with Crippen molar-refractivity contribution in [2.24, 2.45) is 4.99 Å². The topological polar surface area (TPSA) is 53.9 Å². The van der Waals surface area contributed by atoms with Crippen LogP contribution in [0.25, 0.3) is 0 Å². The summed E-state index contributed by atoms with van der Waals surface area (Å²) in [5.74, 6) is -1.80. The standard InChI is InChI=1S/C21H21F4N3O2/c1-3-28(8-9-30-2)19-7-5-14(11-17(19)21(23,24)25)26-12-16-15-10-13(22)4-6-18(15)27-20(16)29/h4-7,10-12,16H,3,8-9H2,1-2H3,(H,27,29). The molecule has 1 amide bonds. The van der Waals surface area contributed by atoms with Crippen LogP contribution in [0.5, 0.6) is 0 Å². The average Bonchev–Trinajstić information content (AvgIpc) is 3.01. The van der Waals surface area contributed by atoms with Crippen LogP contribution in [-0.2, 0) is 15.7 Å². The number of fused-ring (bicyclic) bond motifs is 1. The third kappa shape index (κ3) is 4.62. The maximum atomic E-state index is 13.7. The number of ether oxygens (including phenoxy) is 1. The van der Waals surface area contributed by atoms with Gasteiger partial charge in [-0.2, -0.15) is 13.2 Å². The summed E-state index contributed by atoms with van der Waals surface area (Å²) in [7, 11) is 1.49. The van der Waals surface area contributed by atoms with Gasteiger partial charge in [-0.25, -0.2) is 4.39 Å². The van der Waals surface area contributed by atoms with Gasteiger partial charge in [0.1, 0.15) is 11.7 Å². The molecule has 0 fully saturated rings. The van der Waals surface area contributed by atoms with Gasteiger partial charge in [0, 0.05) is 37.8 Å². The van der Waals surface area contributed by atoms with E-state index in [0.29, 0.717) is 24.3 Å². The molecule has 1 aliphatic rings. The number of benzene rings is 2. The summed E-state index contributed by atoms with van der Waals surface area (Å²) in [6, 6.07) is 7.62. The Kier molecular flexibility index (Phi) is 6.40. The third-order valence-electron chi connectivity index (χ3n) is 4.83. The summed E-state index contributed by atoms with van der Waals surface area (Å²) in [5, 5.41) is 2.60. The summed E-state index contributed by atoms with van der Waals surface area (Å²) >= 11 is 0. The Morgan fingerprint density at radius 2 is 2.00 bits per heavy atom. The van der Waals surface area contributed by atoms with E-state index in [9.17, 15) is 22.4 Å². The Bertz CT molecular complexity index is 960. The fourth-order valence-electron chi connectivity index (χ4n) is 3.32. The third-order valence-corrected chi connectivity index (χ3v) is 4.83. The first-order valence-corrected chi connectivity index (χ1v) is 9.34. The van der Waals surface area contributed by atoms with E-state index in [-0.39, 0.29) is 18.0 Å². The number of carbonyl (C=O) groups is 1. The van der Waals surface area contributed by atoms with Crippen molar-refractivity contribution in [1.82, 2.24) is 0 Å². The number of anilines is 2. The summed E-state index contributed by atoms with van der Waals surface area (Å²) < 4.78 is 59.5. The van der Waals surface area contributed by atoms with Crippen molar-refractivity contribution < 1.29 is 27.1 Å². The summed E-state index contributed by atoms with van der Waals surface area (Å²) in [6.07, 6.45) is -3.35. The van der Waals surface area contributed by atoms with E-state index in [1.807, 2.05) is 0 Å². The second kappa shape index (κ2) is 8.83. The van der Waals surface area contributed by atoms with E-state index in [1.54, 1.807) is 11.8 Å². The maximum Gasteiger partial charge on any atom is 0.418 e. The van der Waals surface area contributed by atoms with Gasteiger partial charge in [0.25, 0.3) is 0 Å². The summed E-state index contributed by atoms with van der Waals surface area (Å²) in [5.41, 5.74) is 0.116. The molecule has 1 unspecified atom stereocenters. The van der Waals surface area contributed by atoms with Gasteiger partial charge in [-0.3, -0.25) is 9.79 Å². The molecule has 0 radical (unpaired) electrons. The molecule has 2 aromatic carbocycles. The Balaban J connectivity index is 1.92. The minimum atomic E-state index is -4.58. The number of alkyl halides is 3. The van der Waals surface area contributed by atoms with Gasteiger partial charge in [0.05, 0.1) is 17.9 Å². The molecule has 0 spiro atoms. The molecule has 160 valence electrons. The normalized spacial score (nSPS) is 16.1. The van der Waals surface area contributed by atoms with E-state index in [0.717, 1.165) is 6.07 Å². The Morgan fingerprint density at radius 3 is 2.67 bits per heavy atom. The number of aliphatic imine (C=N–C) groups is 1. The first-order chi connectivity index (χ1) is 14.2. The van der Waals surface area contributed by atoms with Gasteiger partial charge >= 0.3 is 6.18 Å². The lowest BCUT2D eigenvalue weighted by Gasteiger charge is -2.26. The highest BCUT2D eigenvalue weighted by molar-refractivity contribution is 6.12. The molecule has 1 aliphatic heterocycles. The van der Waals surface area contributed by atoms with Crippen molar-refractivity contribution in [2.45, 2.75) is 19.0 Å². The second-order valence-corrected chi connectivity index (χ2v) is 6.75. The first kappa shape index (κ1) is 21.8. The SMILES string of the molecule is CCN(CCOC)c1ccc(N=CC2C(=O)Nc3ccc(F)cc32)cc1C(F)(F)F. The van der Waals surface area contributed by atoms with Crippen LogP contribution in [0.4, 0.5) is 34.6 Å². The van der Waals surface area contributed by atoms with Gasteiger partial charge in [-0.1, -0.05) is 0 Å². The minimum absolute atomic E-state index is 0.0343. The van der Waals surface area contributed by atoms with Crippen LogP contribution in [0.2, 0.25) is 0 Å². The van der Waals surface area contributed by atoms with Crippen LogP contribution in [0.3, 0.4) is 0 Å². The summed E-state index contributed by atoms with van der Waals surface area (Å²) in [6.45, 7) is 2.73. The van der Waals surface area contributed by atoms with Crippen LogP contribution < -0.4 is 10.2 Å². The highest BCUT2D eigenvalue weighted by atomic mass is 19.4. The zero-order valence-corrected chi connectivity index (χ0v) is 16.5. The minimum Gasteiger partial charge on any atom is -0.383 e. The number of carbonyl (C=O) groups excluding carboxylic acids is 1. The number of nitrogens with zero attached hydrogens (tertiary/aromatic N) is 2. The van der Waals surface area contributed by atoms with Gasteiger partial charge in [0.2, 0.25) is 5.91 Å². The van der Waals surface area contributed by atoms with Gasteiger partial charge in [-0.05, 0) is 48.9 Å². The molecule has 1 N–H and O–H groups in total. The molecule has 3 rings (SSSR count). The zero-order valence-electron chi connectivity index (χ0n) is 16.5. The molecule has 0 bridgehead atoms. The molecule has 0 aromatic heterocycles. The quantitative estimate of drug-likeness (QED) is 0.516. The summed E-state index contributed by atoms with van der Waals surface area (Å²) in [4.78, 5) is 17.8. The molecular formula is C21H21F4N3O2. The van der Waals surface area contributed by atoms with E-state index in [2.05, 4.69) is 10.3 Å².